The van der Waals surface area contributed by atoms with Gasteiger partial charge in [-0.05, 0) is 63.0 Å². The number of allylic oxidation sites excluding steroid dienone is 4. The van der Waals surface area contributed by atoms with Crippen molar-refractivity contribution in [3.63, 3.8) is 0 Å². The number of hydrogen-bond donors (Lipinski definition) is 3. The summed E-state index contributed by atoms with van der Waals surface area (Å²) in [6.07, 6.45) is 12.4. The minimum atomic E-state index is -1.40. The van der Waals surface area contributed by atoms with Crippen LogP contribution in [-0.4, -0.2) is 57.3 Å². The van der Waals surface area contributed by atoms with Crippen LogP contribution in [0.5, 0.6) is 0 Å². The first-order valence-corrected chi connectivity index (χ1v) is 13.4. The second-order valence-electron chi connectivity index (χ2n) is 10.7. The smallest absolute Gasteiger partial charge is 0.309 e. The molecule has 0 aliphatic carbocycles. The number of carbonyl (C=O) groups excluding carboxylic acids is 2. The van der Waals surface area contributed by atoms with Gasteiger partial charge in [-0.3, -0.25) is 9.59 Å². The lowest BCUT2D eigenvalue weighted by atomic mass is 9.88. The molecule has 0 saturated carbocycles. The van der Waals surface area contributed by atoms with Crippen LogP contribution in [0.1, 0.15) is 80.6 Å². The van der Waals surface area contributed by atoms with Gasteiger partial charge < -0.3 is 24.8 Å². The van der Waals surface area contributed by atoms with Crippen molar-refractivity contribution in [1.82, 2.24) is 0 Å². The summed E-state index contributed by atoms with van der Waals surface area (Å²) in [7, 11) is 0. The van der Waals surface area contributed by atoms with E-state index in [1.165, 1.54) is 6.92 Å². The first kappa shape index (κ1) is 32.8. The molecule has 210 valence electrons. The Kier molecular flexibility index (Phi) is 14.1. The number of esters is 2. The number of ether oxygens (including phenoxy) is 2. The maximum absolute atomic E-state index is 12.6. The molecule has 8 unspecified atom stereocenters. The van der Waals surface area contributed by atoms with Crippen LogP contribution in [0.3, 0.4) is 0 Å². The van der Waals surface area contributed by atoms with Crippen LogP contribution in [0.25, 0.3) is 0 Å². The van der Waals surface area contributed by atoms with Crippen molar-refractivity contribution in [2.75, 3.05) is 0 Å². The molecule has 0 saturated heterocycles. The molecule has 7 nitrogen and oxygen atoms in total. The van der Waals surface area contributed by atoms with Crippen molar-refractivity contribution < 1.29 is 34.4 Å². The lowest BCUT2D eigenvalue weighted by Crippen LogP contribution is -2.42. The average Bonchev–Trinajstić information content (AvgIpc) is 2.82. The van der Waals surface area contributed by atoms with E-state index < -0.39 is 35.9 Å². The average molecular weight is 521 g/mol. The van der Waals surface area contributed by atoms with Gasteiger partial charge >= 0.3 is 11.9 Å². The van der Waals surface area contributed by atoms with Gasteiger partial charge in [-0.1, -0.05) is 64.2 Å². The van der Waals surface area contributed by atoms with E-state index in [0.29, 0.717) is 0 Å². The van der Waals surface area contributed by atoms with Crippen molar-refractivity contribution in [3.8, 4) is 0 Å². The maximum atomic E-state index is 12.6. The molecular formula is C30H48O7. The molecule has 0 aromatic rings. The number of aliphatic hydroxyl groups excluding tert-OH is 2. The highest BCUT2D eigenvalue weighted by atomic mass is 16.6. The summed E-state index contributed by atoms with van der Waals surface area (Å²) in [5.41, 5.74) is -0.571. The molecule has 1 aliphatic rings. The Morgan fingerprint density at radius 2 is 1.95 bits per heavy atom. The molecule has 0 spiro atoms. The Balaban J connectivity index is 3.05. The molecule has 0 amide bonds. The standard InChI is InChI=1S/C30H48O7/c1-8-26(33)21(3)13-9-11-20(2)12-10-14-22(4)29-23(5)15-16-27(36-24(6)31)30(7,35)18-17-25(32)19-28(34)37-29/h9-10,12-16,20-21,23,25-27,29,32-33,35H,8,11,17-19H2,1-7H3/b12-10+,13-9+,16-15+,22-14+. The Morgan fingerprint density at radius 1 is 1.27 bits per heavy atom. The van der Waals surface area contributed by atoms with Crippen LogP contribution in [0, 0.1) is 17.8 Å². The monoisotopic (exact) mass is 520 g/mol. The fourth-order valence-corrected chi connectivity index (χ4v) is 4.21. The zero-order chi connectivity index (χ0) is 28.2. The highest BCUT2D eigenvalue weighted by Gasteiger charge is 2.35. The second kappa shape index (κ2) is 15.9. The van der Waals surface area contributed by atoms with Gasteiger partial charge in [-0.2, -0.15) is 0 Å². The van der Waals surface area contributed by atoms with Gasteiger partial charge in [-0.25, -0.2) is 0 Å². The number of hydrogen-bond acceptors (Lipinski definition) is 7. The third-order valence-electron chi connectivity index (χ3n) is 6.84. The molecule has 0 aromatic heterocycles. The number of carbonyl (C=O) groups is 2. The van der Waals surface area contributed by atoms with E-state index in [1.807, 2.05) is 45.9 Å². The van der Waals surface area contributed by atoms with Gasteiger partial charge in [0, 0.05) is 12.8 Å². The summed E-state index contributed by atoms with van der Waals surface area (Å²) < 4.78 is 11.1. The van der Waals surface area contributed by atoms with E-state index in [-0.39, 0.29) is 43.1 Å². The molecule has 0 radical (unpaired) electrons. The largest absolute Gasteiger partial charge is 0.457 e. The van der Waals surface area contributed by atoms with Crippen molar-refractivity contribution >= 4 is 11.9 Å². The van der Waals surface area contributed by atoms with Gasteiger partial charge in [0.15, 0.2) is 0 Å². The summed E-state index contributed by atoms with van der Waals surface area (Å²) >= 11 is 0. The van der Waals surface area contributed by atoms with Crippen molar-refractivity contribution in [1.29, 1.82) is 0 Å². The van der Waals surface area contributed by atoms with Gasteiger partial charge in [-0.15, -0.1) is 0 Å². The number of cyclic esters (lactones) is 1. The first-order chi connectivity index (χ1) is 17.3. The van der Waals surface area contributed by atoms with Gasteiger partial charge in [0.2, 0.25) is 0 Å². The predicted octanol–water partition coefficient (Wildman–Crippen LogP) is 4.81. The van der Waals surface area contributed by atoms with Crippen LogP contribution in [0.4, 0.5) is 0 Å². The van der Waals surface area contributed by atoms with E-state index in [1.54, 1.807) is 19.1 Å². The SMILES string of the molecule is CCC(O)C(C)/C=C/CC(C)/C=C/C=C(\C)C1OC(=O)CC(O)CCC(C)(O)C(OC(C)=O)/C=C/C1C. The van der Waals surface area contributed by atoms with Crippen LogP contribution in [0.15, 0.2) is 48.1 Å². The lowest BCUT2D eigenvalue weighted by molar-refractivity contribution is -0.157. The summed E-state index contributed by atoms with van der Waals surface area (Å²) in [6, 6.07) is 0. The van der Waals surface area contributed by atoms with Crippen LogP contribution in [0.2, 0.25) is 0 Å². The molecule has 37 heavy (non-hydrogen) atoms. The summed E-state index contributed by atoms with van der Waals surface area (Å²) in [4.78, 5) is 24.2. The van der Waals surface area contributed by atoms with Gasteiger partial charge in [0.25, 0.3) is 0 Å². The van der Waals surface area contributed by atoms with E-state index in [4.69, 9.17) is 9.47 Å². The molecule has 0 fully saturated rings. The van der Waals surface area contributed by atoms with Crippen molar-refractivity contribution in [2.24, 2.45) is 17.8 Å². The zero-order valence-corrected chi connectivity index (χ0v) is 23.6. The fourth-order valence-electron chi connectivity index (χ4n) is 4.21. The zero-order valence-electron chi connectivity index (χ0n) is 23.6. The molecule has 8 atom stereocenters. The van der Waals surface area contributed by atoms with Crippen LogP contribution < -0.4 is 0 Å². The molecule has 3 N–H and O–H groups in total. The van der Waals surface area contributed by atoms with Crippen LogP contribution in [-0.2, 0) is 19.1 Å². The summed E-state index contributed by atoms with van der Waals surface area (Å²) in [6.45, 7) is 12.7. The first-order valence-electron chi connectivity index (χ1n) is 13.4. The summed E-state index contributed by atoms with van der Waals surface area (Å²) in [5.74, 6) is -0.890. The predicted molar refractivity (Wildman–Crippen MR) is 145 cm³/mol. The van der Waals surface area contributed by atoms with Crippen LogP contribution >= 0.6 is 0 Å². The Morgan fingerprint density at radius 3 is 2.57 bits per heavy atom. The topological polar surface area (TPSA) is 113 Å². The Labute approximate surface area is 222 Å². The van der Waals surface area contributed by atoms with Crippen molar-refractivity contribution in [2.45, 2.75) is 111 Å². The molecule has 1 rings (SSSR count). The molecule has 0 aromatic carbocycles. The molecule has 1 aliphatic heterocycles. The molecule has 7 heteroatoms. The van der Waals surface area contributed by atoms with E-state index >= 15 is 0 Å². The Hall–Kier alpha value is -2.22. The van der Waals surface area contributed by atoms with Gasteiger partial charge in [0.1, 0.15) is 17.8 Å². The highest BCUT2D eigenvalue weighted by molar-refractivity contribution is 5.70. The molecular weight excluding hydrogens is 472 g/mol. The molecule has 1 heterocycles. The quantitative estimate of drug-likeness (QED) is 0.227. The fraction of sp³-hybridized carbons (Fsp3) is 0.667. The van der Waals surface area contributed by atoms with Crippen molar-refractivity contribution in [3.05, 3.63) is 48.1 Å². The third-order valence-corrected chi connectivity index (χ3v) is 6.84. The van der Waals surface area contributed by atoms with Gasteiger partial charge in [0.05, 0.1) is 18.6 Å². The normalized spacial score (nSPS) is 31.7. The second-order valence-corrected chi connectivity index (χ2v) is 10.7. The number of rotatable bonds is 9. The number of aliphatic hydroxyl groups is 3. The lowest BCUT2D eigenvalue weighted by Gasteiger charge is -2.32. The highest BCUT2D eigenvalue weighted by Crippen LogP contribution is 2.27. The van der Waals surface area contributed by atoms with E-state index in [2.05, 4.69) is 19.1 Å². The summed E-state index contributed by atoms with van der Waals surface area (Å²) in [5, 5.41) is 31.1. The van der Waals surface area contributed by atoms with E-state index in [9.17, 15) is 24.9 Å². The third kappa shape index (κ3) is 12.2. The minimum Gasteiger partial charge on any atom is -0.457 e. The maximum Gasteiger partial charge on any atom is 0.309 e. The Bertz CT molecular complexity index is 839. The van der Waals surface area contributed by atoms with E-state index in [0.717, 1.165) is 18.4 Å². The molecule has 0 bridgehead atoms. The minimum absolute atomic E-state index is 0.122.